The van der Waals surface area contributed by atoms with Crippen molar-refractivity contribution < 1.29 is 19.1 Å². The maximum absolute atomic E-state index is 11.9. The first-order valence-electron chi connectivity index (χ1n) is 8.58. The lowest BCUT2D eigenvalue weighted by atomic mass is 9.76. The normalized spacial score (nSPS) is 20.7. The molecule has 2 atom stereocenters. The second-order valence-corrected chi connectivity index (χ2v) is 6.37. The smallest absolute Gasteiger partial charge is 0.331 e. The van der Waals surface area contributed by atoms with Crippen LogP contribution < -0.4 is 4.74 Å². The fourth-order valence-electron chi connectivity index (χ4n) is 3.34. The zero-order valence-corrected chi connectivity index (χ0v) is 14.7. The van der Waals surface area contributed by atoms with Crippen LogP contribution in [-0.2, 0) is 19.9 Å². The van der Waals surface area contributed by atoms with E-state index in [1.807, 2.05) is 30.3 Å². The molecule has 4 nitrogen and oxygen atoms in total. The number of Topliss-reactive ketones (excluding diaryl/α,β-unsaturated/α-hetero) is 1. The lowest BCUT2D eigenvalue weighted by molar-refractivity contribution is -0.152. The van der Waals surface area contributed by atoms with Gasteiger partial charge in [0.2, 0.25) is 0 Å². The fraction of sp³-hybridized carbons (Fsp3) is 0.500. The van der Waals surface area contributed by atoms with Crippen LogP contribution >= 0.6 is 0 Å². The topological polar surface area (TPSA) is 52.6 Å². The fourth-order valence-corrected chi connectivity index (χ4v) is 3.34. The summed E-state index contributed by atoms with van der Waals surface area (Å²) in [4.78, 5) is 23.7. The molecular formula is C20H26O4. The van der Waals surface area contributed by atoms with Gasteiger partial charge in [0, 0.05) is 24.0 Å². The first-order valence-corrected chi connectivity index (χ1v) is 8.58. The largest absolute Gasteiger partial charge is 0.497 e. The van der Waals surface area contributed by atoms with E-state index in [0.717, 1.165) is 37.0 Å². The highest BCUT2D eigenvalue weighted by Crippen LogP contribution is 2.43. The van der Waals surface area contributed by atoms with Crippen molar-refractivity contribution in [1.29, 1.82) is 0 Å². The number of hydrogen-bond donors (Lipinski definition) is 0. The molecule has 130 valence electrons. The van der Waals surface area contributed by atoms with Crippen LogP contribution in [0.15, 0.2) is 36.4 Å². The molecule has 2 rings (SSSR count). The monoisotopic (exact) mass is 330 g/mol. The summed E-state index contributed by atoms with van der Waals surface area (Å²) in [5, 5.41) is 0. The molecule has 0 radical (unpaired) electrons. The number of methoxy groups -OCH3 is 1. The van der Waals surface area contributed by atoms with E-state index in [9.17, 15) is 9.59 Å². The van der Waals surface area contributed by atoms with Gasteiger partial charge >= 0.3 is 5.97 Å². The second-order valence-electron chi connectivity index (χ2n) is 6.37. The van der Waals surface area contributed by atoms with Gasteiger partial charge in [-0.05, 0) is 31.6 Å². The van der Waals surface area contributed by atoms with Gasteiger partial charge in [-0.3, -0.25) is 0 Å². The quantitative estimate of drug-likeness (QED) is 0.503. The molecule has 0 saturated heterocycles. The van der Waals surface area contributed by atoms with Crippen molar-refractivity contribution in [2.24, 2.45) is 5.92 Å². The van der Waals surface area contributed by atoms with Crippen LogP contribution in [0.1, 0.15) is 51.5 Å². The number of carbonyl (C=O) groups is 2. The predicted octanol–water partition coefficient (Wildman–Crippen LogP) is 4.18. The maximum atomic E-state index is 11.9. The van der Waals surface area contributed by atoms with E-state index in [1.165, 1.54) is 6.08 Å². The van der Waals surface area contributed by atoms with E-state index in [-0.39, 0.29) is 17.7 Å². The molecule has 4 heteroatoms. The van der Waals surface area contributed by atoms with Crippen molar-refractivity contribution in [1.82, 2.24) is 0 Å². The Morgan fingerprint density at radius 1 is 1.25 bits per heavy atom. The third-order valence-electron chi connectivity index (χ3n) is 4.57. The van der Waals surface area contributed by atoms with Gasteiger partial charge < -0.3 is 14.3 Å². The Morgan fingerprint density at radius 2 is 1.96 bits per heavy atom. The van der Waals surface area contributed by atoms with Crippen molar-refractivity contribution in [2.75, 3.05) is 7.11 Å². The highest BCUT2D eigenvalue weighted by Gasteiger charge is 2.45. The average molecular weight is 330 g/mol. The highest BCUT2D eigenvalue weighted by molar-refractivity contribution is 5.86. The van der Waals surface area contributed by atoms with Gasteiger partial charge in [-0.25, -0.2) is 4.79 Å². The van der Waals surface area contributed by atoms with Crippen LogP contribution in [0.4, 0.5) is 0 Å². The van der Waals surface area contributed by atoms with Crippen molar-refractivity contribution in [3.63, 3.8) is 0 Å². The van der Waals surface area contributed by atoms with E-state index in [1.54, 1.807) is 14.0 Å². The van der Waals surface area contributed by atoms with Crippen LogP contribution in [0.5, 0.6) is 5.75 Å². The van der Waals surface area contributed by atoms with Crippen molar-refractivity contribution in [3.05, 3.63) is 42.0 Å². The molecule has 0 fully saturated rings. The second kappa shape index (κ2) is 8.13. The SMILES string of the molecule is CCCCC[C@H](CC(C)=O)[C@]1(c2ccc(OC)cc2)C=CC(=O)O1. The summed E-state index contributed by atoms with van der Waals surface area (Å²) >= 11 is 0. The van der Waals surface area contributed by atoms with Crippen LogP contribution in [0.2, 0.25) is 0 Å². The maximum Gasteiger partial charge on any atom is 0.331 e. The Morgan fingerprint density at radius 3 is 2.46 bits per heavy atom. The third kappa shape index (κ3) is 4.05. The van der Waals surface area contributed by atoms with Gasteiger partial charge in [-0.15, -0.1) is 0 Å². The zero-order valence-electron chi connectivity index (χ0n) is 14.7. The zero-order chi connectivity index (χ0) is 17.6. The Hall–Kier alpha value is -2.10. The standard InChI is InChI=1S/C20H26O4/c1-4-5-6-7-17(14-15(2)21)20(13-12-19(22)24-20)16-8-10-18(23-3)11-9-16/h8-13,17H,4-7,14H2,1-3H3/t17-,20-/m1/s1. The lowest BCUT2D eigenvalue weighted by Gasteiger charge is -2.35. The number of benzene rings is 1. The van der Waals surface area contributed by atoms with Crippen molar-refractivity contribution >= 4 is 11.8 Å². The minimum absolute atomic E-state index is 0.0577. The summed E-state index contributed by atoms with van der Waals surface area (Å²) in [5.41, 5.74) is 0.0242. The van der Waals surface area contributed by atoms with Crippen LogP contribution in [0.3, 0.4) is 0 Å². The van der Waals surface area contributed by atoms with E-state index >= 15 is 0 Å². The minimum Gasteiger partial charge on any atom is -0.497 e. The Kier molecular flexibility index (Phi) is 6.18. The number of esters is 1. The van der Waals surface area contributed by atoms with Crippen LogP contribution in [0.25, 0.3) is 0 Å². The molecule has 1 aliphatic heterocycles. The van der Waals surface area contributed by atoms with E-state index in [2.05, 4.69) is 6.92 Å². The van der Waals surface area contributed by atoms with Crippen LogP contribution in [0, 0.1) is 5.92 Å². The molecule has 0 saturated carbocycles. The third-order valence-corrected chi connectivity index (χ3v) is 4.57. The van der Waals surface area contributed by atoms with Crippen molar-refractivity contribution in [3.8, 4) is 5.75 Å². The van der Waals surface area contributed by atoms with E-state index in [4.69, 9.17) is 9.47 Å². The van der Waals surface area contributed by atoms with Gasteiger partial charge in [-0.2, -0.15) is 0 Å². The van der Waals surface area contributed by atoms with Gasteiger partial charge in [0.1, 0.15) is 11.5 Å². The molecule has 0 bridgehead atoms. The molecule has 0 unspecified atom stereocenters. The molecule has 24 heavy (non-hydrogen) atoms. The molecule has 1 aromatic rings. The molecular weight excluding hydrogens is 304 g/mol. The Labute approximate surface area is 143 Å². The summed E-state index contributed by atoms with van der Waals surface area (Å²) in [7, 11) is 1.61. The first-order chi connectivity index (χ1) is 11.5. The molecule has 0 aliphatic carbocycles. The molecule has 1 aliphatic rings. The van der Waals surface area contributed by atoms with Gasteiger partial charge in [-0.1, -0.05) is 38.3 Å². The summed E-state index contributed by atoms with van der Waals surface area (Å²) in [5.74, 6) is 0.449. The summed E-state index contributed by atoms with van der Waals surface area (Å²) in [6.07, 6.45) is 7.75. The number of unbranched alkanes of at least 4 members (excludes halogenated alkanes) is 2. The number of ketones is 1. The minimum atomic E-state index is -0.858. The molecule has 0 N–H and O–H groups in total. The highest BCUT2D eigenvalue weighted by atomic mass is 16.6. The van der Waals surface area contributed by atoms with Crippen LogP contribution in [-0.4, -0.2) is 18.9 Å². The lowest BCUT2D eigenvalue weighted by Crippen LogP contribution is -2.36. The number of rotatable bonds is 9. The molecule has 0 amide bonds. The molecule has 1 heterocycles. The Balaban J connectivity index is 2.37. The summed E-state index contributed by atoms with van der Waals surface area (Å²) < 4.78 is 11.0. The van der Waals surface area contributed by atoms with Gasteiger partial charge in [0.15, 0.2) is 5.60 Å². The Bertz CT molecular complexity index is 603. The molecule has 0 spiro atoms. The molecule has 1 aromatic carbocycles. The molecule has 0 aromatic heterocycles. The number of carbonyl (C=O) groups excluding carboxylic acids is 2. The van der Waals surface area contributed by atoms with E-state index < -0.39 is 5.60 Å². The van der Waals surface area contributed by atoms with E-state index in [0.29, 0.717) is 6.42 Å². The summed E-state index contributed by atoms with van der Waals surface area (Å²) in [6, 6.07) is 7.53. The van der Waals surface area contributed by atoms with Crippen molar-refractivity contribution in [2.45, 2.75) is 51.6 Å². The van der Waals surface area contributed by atoms with Gasteiger partial charge in [0.25, 0.3) is 0 Å². The van der Waals surface area contributed by atoms with Gasteiger partial charge in [0.05, 0.1) is 7.11 Å². The number of cyclic esters (lactones) is 1. The first kappa shape index (κ1) is 18.2. The number of ether oxygens (including phenoxy) is 2. The predicted molar refractivity (Wildman–Crippen MR) is 92.8 cm³/mol. The number of hydrogen-bond acceptors (Lipinski definition) is 4. The summed E-state index contributed by atoms with van der Waals surface area (Å²) in [6.45, 7) is 3.74. The average Bonchev–Trinajstić information content (AvgIpc) is 2.97.